The zero-order chi connectivity index (χ0) is 13.7. The highest BCUT2D eigenvalue weighted by Crippen LogP contribution is 2.21. The molecule has 0 saturated heterocycles. The van der Waals surface area contributed by atoms with Crippen LogP contribution in [-0.2, 0) is 4.79 Å². The fourth-order valence-electron chi connectivity index (χ4n) is 1.35. The van der Waals surface area contributed by atoms with Crippen molar-refractivity contribution >= 4 is 17.6 Å². The van der Waals surface area contributed by atoms with Crippen LogP contribution in [0.3, 0.4) is 0 Å². The largest absolute Gasteiger partial charge is 0.483 e. The lowest BCUT2D eigenvalue weighted by atomic mass is 10.2. The molecule has 0 heterocycles. The molecule has 6 nitrogen and oxygen atoms in total. The lowest BCUT2D eigenvalue weighted by Gasteiger charge is -2.11. The highest BCUT2D eigenvalue weighted by Gasteiger charge is 2.13. The second-order valence-electron chi connectivity index (χ2n) is 4.07. The molecule has 1 amide bonds. The number of carboxylic acids is 1. The van der Waals surface area contributed by atoms with Crippen molar-refractivity contribution in [1.82, 2.24) is 5.32 Å². The first kappa shape index (κ1) is 13.8. The van der Waals surface area contributed by atoms with Crippen molar-refractivity contribution < 1.29 is 19.4 Å². The molecule has 1 rings (SSSR count). The summed E-state index contributed by atoms with van der Waals surface area (Å²) < 4.78 is 5.17. The van der Waals surface area contributed by atoms with Gasteiger partial charge in [0.2, 0.25) is 0 Å². The molecule has 0 aromatic heterocycles. The minimum atomic E-state index is -1.15. The van der Waals surface area contributed by atoms with E-state index >= 15 is 0 Å². The number of nitrogens with one attached hydrogen (secondary N) is 1. The Bertz CT molecular complexity index is 457. The van der Waals surface area contributed by atoms with Gasteiger partial charge in [-0.05, 0) is 32.0 Å². The Morgan fingerprint density at radius 1 is 1.44 bits per heavy atom. The molecule has 0 atom stereocenters. The third-order valence-corrected chi connectivity index (χ3v) is 2.04. The molecule has 6 heteroatoms. The van der Waals surface area contributed by atoms with Gasteiger partial charge in [-0.3, -0.25) is 4.79 Å². The second kappa shape index (κ2) is 5.90. The van der Waals surface area contributed by atoms with Crippen molar-refractivity contribution in [2.45, 2.75) is 19.9 Å². The number of nitrogen functional groups attached to an aromatic ring is 1. The summed E-state index contributed by atoms with van der Waals surface area (Å²) >= 11 is 0. The van der Waals surface area contributed by atoms with Crippen molar-refractivity contribution in [3.63, 3.8) is 0 Å². The van der Waals surface area contributed by atoms with Crippen LogP contribution in [0.2, 0.25) is 0 Å². The Balaban J connectivity index is 2.73. The number of carbonyl (C=O) groups is 2. The van der Waals surface area contributed by atoms with Gasteiger partial charge >= 0.3 is 5.97 Å². The standard InChI is InChI=1S/C12H16N2O4/c1-7(2)14-11(15)6-18-10-4-3-8(13)5-9(10)12(16)17/h3-5,7H,6,13H2,1-2H3,(H,14,15)(H,16,17). The molecule has 1 aromatic carbocycles. The number of hydrogen-bond donors (Lipinski definition) is 3. The Labute approximate surface area is 105 Å². The zero-order valence-corrected chi connectivity index (χ0v) is 10.3. The van der Waals surface area contributed by atoms with E-state index in [1.54, 1.807) is 0 Å². The quantitative estimate of drug-likeness (QED) is 0.675. The molecule has 0 aliphatic rings. The van der Waals surface area contributed by atoms with Crippen molar-refractivity contribution in [3.05, 3.63) is 23.8 Å². The van der Waals surface area contributed by atoms with Gasteiger partial charge < -0.3 is 20.9 Å². The molecule has 0 aliphatic carbocycles. The van der Waals surface area contributed by atoms with Gasteiger partial charge in [0, 0.05) is 11.7 Å². The van der Waals surface area contributed by atoms with Gasteiger partial charge in [0.05, 0.1) is 0 Å². The number of hydrogen-bond acceptors (Lipinski definition) is 4. The summed E-state index contributed by atoms with van der Waals surface area (Å²) in [5.41, 5.74) is 5.75. The second-order valence-corrected chi connectivity index (χ2v) is 4.07. The predicted molar refractivity (Wildman–Crippen MR) is 66.6 cm³/mol. The smallest absolute Gasteiger partial charge is 0.339 e. The summed E-state index contributed by atoms with van der Waals surface area (Å²) in [4.78, 5) is 22.3. The number of carbonyl (C=O) groups excluding carboxylic acids is 1. The van der Waals surface area contributed by atoms with Crippen molar-refractivity contribution in [2.24, 2.45) is 0 Å². The number of amides is 1. The Morgan fingerprint density at radius 2 is 2.11 bits per heavy atom. The number of nitrogens with two attached hydrogens (primary N) is 1. The van der Waals surface area contributed by atoms with Crippen molar-refractivity contribution in [3.8, 4) is 5.75 Å². The van der Waals surface area contributed by atoms with Gasteiger partial charge in [-0.2, -0.15) is 0 Å². The first-order chi connectivity index (χ1) is 8.40. The lowest BCUT2D eigenvalue weighted by molar-refractivity contribution is -0.123. The van der Waals surface area contributed by atoms with Gasteiger partial charge in [-0.15, -0.1) is 0 Å². The van der Waals surface area contributed by atoms with E-state index in [0.717, 1.165) is 0 Å². The maximum atomic E-state index is 11.4. The number of rotatable bonds is 5. The van der Waals surface area contributed by atoms with E-state index < -0.39 is 5.97 Å². The van der Waals surface area contributed by atoms with Crippen LogP contribution in [0, 0.1) is 0 Å². The summed E-state index contributed by atoms with van der Waals surface area (Å²) in [5, 5.41) is 11.6. The molecule has 0 saturated carbocycles. The van der Waals surface area contributed by atoms with E-state index in [0.29, 0.717) is 5.69 Å². The SMILES string of the molecule is CC(C)NC(=O)COc1ccc(N)cc1C(=O)O. The van der Waals surface area contributed by atoms with E-state index in [1.807, 2.05) is 13.8 Å². The molecule has 1 aromatic rings. The van der Waals surface area contributed by atoms with Gasteiger partial charge in [0.15, 0.2) is 6.61 Å². The first-order valence-electron chi connectivity index (χ1n) is 5.45. The van der Waals surface area contributed by atoms with Crippen molar-refractivity contribution in [1.29, 1.82) is 0 Å². The molecule has 0 radical (unpaired) electrons. The first-order valence-corrected chi connectivity index (χ1v) is 5.45. The number of aromatic carboxylic acids is 1. The van der Waals surface area contributed by atoms with E-state index in [9.17, 15) is 9.59 Å². The van der Waals surface area contributed by atoms with Crippen LogP contribution in [-0.4, -0.2) is 29.6 Å². The number of anilines is 1. The summed E-state index contributed by atoms with van der Waals surface area (Å²) in [6.07, 6.45) is 0. The zero-order valence-electron chi connectivity index (χ0n) is 10.3. The Kier molecular flexibility index (Phi) is 4.53. The molecular formula is C12H16N2O4. The van der Waals surface area contributed by atoms with Gasteiger partial charge in [-0.25, -0.2) is 4.79 Å². The molecule has 0 spiro atoms. The molecule has 0 fully saturated rings. The fraction of sp³-hybridized carbons (Fsp3) is 0.333. The summed E-state index contributed by atoms with van der Waals surface area (Å²) in [6.45, 7) is 3.41. The van der Waals surface area contributed by atoms with Gasteiger partial charge in [0.25, 0.3) is 5.91 Å². The predicted octanol–water partition coefficient (Wildman–Crippen LogP) is 0.870. The van der Waals surface area contributed by atoms with Crippen LogP contribution < -0.4 is 15.8 Å². The average Bonchev–Trinajstić information content (AvgIpc) is 2.26. The fourth-order valence-corrected chi connectivity index (χ4v) is 1.35. The van der Waals surface area contributed by atoms with Crippen LogP contribution >= 0.6 is 0 Å². The third-order valence-electron chi connectivity index (χ3n) is 2.04. The maximum absolute atomic E-state index is 11.4. The Hall–Kier alpha value is -2.24. The summed E-state index contributed by atoms with van der Waals surface area (Å²) in [7, 11) is 0. The highest BCUT2D eigenvalue weighted by molar-refractivity contribution is 5.92. The van der Waals surface area contributed by atoms with Gasteiger partial charge in [0.1, 0.15) is 11.3 Å². The monoisotopic (exact) mass is 252 g/mol. The summed E-state index contributed by atoms with van der Waals surface area (Å²) in [6, 6.07) is 4.24. The maximum Gasteiger partial charge on any atom is 0.339 e. The van der Waals surface area contributed by atoms with E-state index in [2.05, 4.69) is 5.32 Å². The van der Waals surface area contributed by atoms with Crippen LogP contribution in [0.15, 0.2) is 18.2 Å². The third kappa shape index (κ3) is 3.97. The topological polar surface area (TPSA) is 102 Å². The molecule has 0 unspecified atom stereocenters. The molecule has 18 heavy (non-hydrogen) atoms. The average molecular weight is 252 g/mol. The molecular weight excluding hydrogens is 236 g/mol. The highest BCUT2D eigenvalue weighted by atomic mass is 16.5. The molecule has 0 bridgehead atoms. The molecule has 98 valence electrons. The number of carboxylic acid groups (broad SMARTS) is 1. The van der Waals surface area contributed by atoms with Crippen molar-refractivity contribution in [2.75, 3.05) is 12.3 Å². The van der Waals surface area contributed by atoms with E-state index in [-0.39, 0.29) is 29.9 Å². The van der Waals surface area contributed by atoms with Crippen LogP contribution in [0.1, 0.15) is 24.2 Å². The van der Waals surface area contributed by atoms with Crippen LogP contribution in [0.5, 0.6) is 5.75 Å². The minimum Gasteiger partial charge on any atom is -0.483 e. The lowest BCUT2D eigenvalue weighted by Crippen LogP contribution is -2.34. The van der Waals surface area contributed by atoms with E-state index in [1.165, 1.54) is 18.2 Å². The molecule has 0 aliphatic heterocycles. The number of ether oxygens (including phenoxy) is 1. The summed E-state index contributed by atoms with van der Waals surface area (Å²) in [5.74, 6) is -1.34. The van der Waals surface area contributed by atoms with Gasteiger partial charge in [-0.1, -0.05) is 0 Å². The van der Waals surface area contributed by atoms with E-state index in [4.69, 9.17) is 15.6 Å². The van der Waals surface area contributed by atoms with Crippen LogP contribution in [0.4, 0.5) is 5.69 Å². The minimum absolute atomic E-state index is 0.00598. The Morgan fingerprint density at radius 3 is 2.67 bits per heavy atom. The normalized spacial score (nSPS) is 10.2. The number of benzene rings is 1. The van der Waals surface area contributed by atoms with Crippen LogP contribution in [0.25, 0.3) is 0 Å². The molecule has 4 N–H and O–H groups in total.